The summed E-state index contributed by atoms with van der Waals surface area (Å²) >= 11 is 0. The summed E-state index contributed by atoms with van der Waals surface area (Å²) in [6, 6.07) is 20.2. The fourth-order valence-corrected chi connectivity index (χ4v) is 5.27. The van der Waals surface area contributed by atoms with Crippen molar-refractivity contribution in [3.63, 3.8) is 0 Å². The van der Waals surface area contributed by atoms with E-state index in [0.29, 0.717) is 51.4 Å². The number of phenols is 1. The number of methoxy groups -OCH3 is 1. The lowest BCUT2D eigenvalue weighted by Gasteiger charge is -2.01. The van der Waals surface area contributed by atoms with Crippen LogP contribution in [0.5, 0.6) is 11.5 Å². The summed E-state index contributed by atoms with van der Waals surface area (Å²) in [6.07, 6.45) is 2.76. The van der Waals surface area contributed by atoms with E-state index in [1.165, 1.54) is 24.5 Å². The number of phenolic OH excluding ortho intramolecular Hbond substituents is 1. The normalized spacial score (nSPS) is 11.3. The number of furan rings is 2. The van der Waals surface area contributed by atoms with Crippen LogP contribution in [0.2, 0.25) is 0 Å². The average molecular weight is 609 g/mol. The largest absolute Gasteiger partial charge is 0.508 e. The second-order valence-corrected chi connectivity index (χ2v) is 10.1. The van der Waals surface area contributed by atoms with Crippen molar-refractivity contribution in [3.8, 4) is 34.4 Å². The molecule has 0 fully saturated rings. The molecule has 0 aliphatic rings. The minimum absolute atomic E-state index is 0.172. The Balaban J connectivity index is 0.000000145. The monoisotopic (exact) mass is 608 g/mol. The Morgan fingerprint density at radius 3 is 1.71 bits per heavy atom. The summed E-state index contributed by atoms with van der Waals surface area (Å²) < 4.78 is 47.2. The average Bonchev–Trinajstić information content (AvgIpc) is 3.81. The molecule has 226 valence electrons. The first-order valence-corrected chi connectivity index (χ1v) is 13.9. The number of imidazole rings is 2. The van der Waals surface area contributed by atoms with Crippen molar-refractivity contribution in [2.24, 2.45) is 0 Å². The molecule has 6 aromatic heterocycles. The molecular weight excluding hydrogens is 582 g/mol. The molecule has 0 saturated heterocycles. The summed E-state index contributed by atoms with van der Waals surface area (Å²) in [7, 11) is 5.13. The van der Waals surface area contributed by atoms with Gasteiger partial charge in [0.05, 0.1) is 7.11 Å². The first-order chi connectivity index (χ1) is 21.8. The Hall–Kier alpha value is -6.04. The summed E-state index contributed by atoms with van der Waals surface area (Å²) in [5.41, 5.74) is 3.87. The van der Waals surface area contributed by atoms with Crippen molar-refractivity contribution in [2.75, 3.05) is 31.8 Å². The second-order valence-electron chi connectivity index (χ2n) is 10.1. The molecule has 3 N–H and O–H groups in total. The summed E-state index contributed by atoms with van der Waals surface area (Å²) in [5, 5.41) is 17.3. The van der Waals surface area contributed by atoms with Gasteiger partial charge in [-0.3, -0.25) is 8.80 Å². The molecule has 0 atom stereocenters. The molecule has 0 aliphatic carbocycles. The van der Waals surface area contributed by atoms with E-state index in [0.717, 1.165) is 22.1 Å². The van der Waals surface area contributed by atoms with Crippen molar-refractivity contribution in [1.29, 1.82) is 0 Å². The van der Waals surface area contributed by atoms with Gasteiger partial charge in [-0.15, -0.1) is 0 Å². The number of pyridine rings is 2. The fraction of sp³-hybridized carbons (Fsp3) is 0.0909. The van der Waals surface area contributed by atoms with Crippen LogP contribution < -0.4 is 15.4 Å². The zero-order valence-corrected chi connectivity index (χ0v) is 24.3. The van der Waals surface area contributed by atoms with Crippen LogP contribution in [0.15, 0.2) is 94.0 Å². The number of halogens is 2. The number of hydrogen-bond donors (Lipinski definition) is 3. The van der Waals surface area contributed by atoms with Crippen molar-refractivity contribution in [3.05, 3.63) is 96.8 Å². The molecule has 0 bridgehead atoms. The maximum Gasteiger partial charge on any atom is 0.157 e. The zero-order valence-electron chi connectivity index (χ0n) is 24.3. The van der Waals surface area contributed by atoms with Crippen LogP contribution in [-0.4, -0.2) is 45.1 Å². The highest BCUT2D eigenvalue weighted by Crippen LogP contribution is 2.35. The third-order valence-electron chi connectivity index (χ3n) is 7.33. The lowest BCUT2D eigenvalue weighted by Crippen LogP contribution is -1.96. The molecule has 45 heavy (non-hydrogen) atoms. The van der Waals surface area contributed by atoms with E-state index < -0.39 is 0 Å². The van der Waals surface area contributed by atoms with E-state index >= 15 is 0 Å². The van der Waals surface area contributed by atoms with E-state index in [1.807, 2.05) is 24.3 Å². The van der Waals surface area contributed by atoms with Gasteiger partial charge in [0.1, 0.15) is 68.6 Å². The summed E-state index contributed by atoms with van der Waals surface area (Å²) in [4.78, 5) is 9.03. The van der Waals surface area contributed by atoms with Crippen LogP contribution in [-0.2, 0) is 0 Å². The molecule has 0 radical (unpaired) electrons. The lowest BCUT2D eigenvalue weighted by atomic mass is 10.2. The van der Waals surface area contributed by atoms with Gasteiger partial charge in [-0.1, -0.05) is 0 Å². The number of aromatic hydroxyl groups is 1. The van der Waals surface area contributed by atoms with Crippen LogP contribution >= 0.6 is 0 Å². The molecule has 8 aromatic rings. The van der Waals surface area contributed by atoms with Gasteiger partial charge in [0.25, 0.3) is 0 Å². The van der Waals surface area contributed by atoms with Gasteiger partial charge in [0, 0.05) is 37.3 Å². The SMILES string of the molecule is CNc1c(-c2cc3cc(O)ccc3o2)nc2ccc(F)cn12.CNc1c(-c2cc3cc(OC)ccc3o2)nc2ccc(F)cn12. The number of ether oxygens (including phenoxy) is 1. The number of anilines is 2. The van der Waals surface area contributed by atoms with Crippen molar-refractivity contribution in [2.45, 2.75) is 0 Å². The number of aromatic nitrogens is 4. The smallest absolute Gasteiger partial charge is 0.157 e. The molecule has 8 rings (SSSR count). The van der Waals surface area contributed by atoms with Crippen molar-refractivity contribution in [1.82, 2.24) is 18.8 Å². The highest BCUT2D eigenvalue weighted by Gasteiger charge is 2.19. The van der Waals surface area contributed by atoms with Gasteiger partial charge in [0.2, 0.25) is 0 Å². The molecule has 0 aliphatic heterocycles. The third kappa shape index (κ3) is 4.91. The molecule has 0 saturated carbocycles. The molecular formula is C33H26F2N6O4. The van der Waals surface area contributed by atoms with Crippen LogP contribution in [0.3, 0.4) is 0 Å². The van der Waals surface area contributed by atoms with Crippen LogP contribution in [0.4, 0.5) is 20.4 Å². The van der Waals surface area contributed by atoms with Gasteiger partial charge < -0.3 is 29.3 Å². The zero-order chi connectivity index (χ0) is 31.2. The summed E-state index contributed by atoms with van der Waals surface area (Å²) in [5.74, 6) is 2.73. The molecule has 2 aromatic carbocycles. The maximum atomic E-state index is 13.5. The lowest BCUT2D eigenvalue weighted by molar-refractivity contribution is 0.415. The molecule has 0 spiro atoms. The summed E-state index contributed by atoms with van der Waals surface area (Å²) in [6.45, 7) is 0. The second kappa shape index (κ2) is 10.9. The van der Waals surface area contributed by atoms with E-state index in [2.05, 4.69) is 20.6 Å². The van der Waals surface area contributed by atoms with E-state index in [4.69, 9.17) is 13.6 Å². The number of rotatable bonds is 5. The molecule has 0 unspecified atom stereocenters. The standard InChI is InChI=1S/C17H14FN3O2.C16H12FN3O2/c1-19-17-16(20-15-6-3-11(18)9-21(15)17)14-8-10-7-12(22-2)4-5-13(10)23-14;1-18-16-15(19-14-5-2-10(17)8-20(14)16)13-7-9-6-11(21)3-4-12(9)22-13/h3-9,19H,1-2H3;2-8,18,21H,1H3. The topological polar surface area (TPSA) is 114 Å². The number of nitrogens with zero attached hydrogens (tertiary/aromatic N) is 4. The number of benzene rings is 2. The van der Waals surface area contributed by atoms with E-state index in [1.54, 1.807) is 66.4 Å². The third-order valence-corrected chi connectivity index (χ3v) is 7.33. The van der Waals surface area contributed by atoms with Crippen LogP contribution in [0.25, 0.3) is 56.1 Å². The highest BCUT2D eigenvalue weighted by molar-refractivity contribution is 5.87. The minimum Gasteiger partial charge on any atom is -0.508 e. The number of fused-ring (bicyclic) bond motifs is 4. The molecule has 0 amide bonds. The van der Waals surface area contributed by atoms with E-state index in [9.17, 15) is 13.9 Å². The Morgan fingerprint density at radius 2 is 1.20 bits per heavy atom. The van der Waals surface area contributed by atoms with Gasteiger partial charge in [-0.05, 0) is 72.8 Å². The minimum atomic E-state index is -0.345. The molecule has 10 nitrogen and oxygen atoms in total. The first kappa shape index (κ1) is 27.8. The van der Waals surface area contributed by atoms with Gasteiger partial charge in [0.15, 0.2) is 11.5 Å². The number of hydrogen-bond acceptors (Lipinski definition) is 8. The predicted octanol–water partition coefficient (Wildman–Crippen LogP) is 7.57. The van der Waals surface area contributed by atoms with Gasteiger partial charge in [-0.2, -0.15) is 0 Å². The van der Waals surface area contributed by atoms with Crippen LogP contribution in [0, 0.1) is 11.6 Å². The molecule has 12 heteroatoms. The fourth-order valence-electron chi connectivity index (χ4n) is 5.27. The van der Waals surface area contributed by atoms with Gasteiger partial charge >= 0.3 is 0 Å². The molecule has 6 heterocycles. The quantitative estimate of drug-likeness (QED) is 0.183. The Labute approximate surface area is 254 Å². The van der Waals surface area contributed by atoms with Crippen LogP contribution in [0.1, 0.15) is 0 Å². The Morgan fingerprint density at radius 1 is 0.689 bits per heavy atom. The Bertz CT molecular complexity index is 2350. The first-order valence-electron chi connectivity index (χ1n) is 13.9. The maximum absolute atomic E-state index is 13.5. The van der Waals surface area contributed by atoms with E-state index in [-0.39, 0.29) is 17.4 Å². The highest BCUT2D eigenvalue weighted by atomic mass is 19.1. The van der Waals surface area contributed by atoms with Crippen molar-refractivity contribution < 1.29 is 27.5 Å². The van der Waals surface area contributed by atoms with Gasteiger partial charge in [-0.25, -0.2) is 18.7 Å². The number of nitrogens with one attached hydrogen (secondary N) is 2. The predicted molar refractivity (Wildman–Crippen MR) is 168 cm³/mol. The van der Waals surface area contributed by atoms with Crippen molar-refractivity contribution >= 4 is 44.9 Å². The Kier molecular flexibility index (Phi) is 6.73.